The van der Waals surface area contributed by atoms with Gasteiger partial charge in [0.25, 0.3) is 0 Å². The summed E-state index contributed by atoms with van der Waals surface area (Å²) in [6.07, 6.45) is 5.39. The summed E-state index contributed by atoms with van der Waals surface area (Å²) in [7, 11) is 0. The monoisotopic (exact) mass is 201 g/mol. The SMILES string of the molecule is CC1CCCC(CNC(=S)NN)C1. The van der Waals surface area contributed by atoms with Gasteiger partial charge in [-0.1, -0.05) is 19.8 Å². The average Bonchev–Trinajstić information content (AvgIpc) is 2.14. The van der Waals surface area contributed by atoms with E-state index < -0.39 is 0 Å². The molecule has 4 N–H and O–H groups in total. The van der Waals surface area contributed by atoms with Crippen LogP contribution in [0.15, 0.2) is 0 Å². The van der Waals surface area contributed by atoms with Crippen LogP contribution in [0.3, 0.4) is 0 Å². The van der Waals surface area contributed by atoms with E-state index in [2.05, 4.69) is 17.7 Å². The molecule has 0 aromatic rings. The minimum absolute atomic E-state index is 0.554. The highest BCUT2D eigenvalue weighted by Gasteiger charge is 2.18. The Balaban J connectivity index is 2.17. The van der Waals surface area contributed by atoms with Crippen molar-refractivity contribution >= 4 is 17.3 Å². The summed E-state index contributed by atoms with van der Waals surface area (Å²) < 4.78 is 0. The second-order valence-corrected chi connectivity index (χ2v) is 4.40. The number of hydrogen-bond acceptors (Lipinski definition) is 2. The fourth-order valence-electron chi connectivity index (χ4n) is 2.03. The number of hydrogen-bond donors (Lipinski definition) is 3. The first kappa shape index (κ1) is 10.7. The van der Waals surface area contributed by atoms with Crippen molar-refractivity contribution < 1.29 is 0 Å². The third-order valence-corrected chi connectivity index (χ3v) is 2.99. The van der Waals surface area contributed by atoms with Gasteiger partial charge in [-0.3, -0.25) is 0 Å². The molecule has 0 aromatic heterocycles. The number of thiocarbonyl (C=S) groups is 1. The van der Waals surface area contributed by atoms with Crippen molar-refractivity contribution in [1.82, 2.24) is 10.7 Å². The summed E-state index contributed by atoms with van der Waals surface area (Å²) in [5.74, 6) is 6.81. The molecule has 3 nitrogen and oxygen atoms in total. The molecule has 0 heterocycles. The van der Waals surface area contributed by atoms with E-state index in [4.69, 9.17) is 18.1 Å². The molecule has 0 spiro atoms. The Kier molecular flexibility index (Phi) is 4.45. The first-order valence-electron chi connectivity index (χ1n) is 4.96. The van der Waals surface area contributed by atoms with Crippen LogP contribution < -0.4 is 16.6 Å². The number of rotatable bonds is 2. The van der Waals surface area contributed by atoms with E-state index in [-0.39, 0.29) is 0 Å². The quantitative estimate of drug-likeness (QED) is 0.356. The van der Waals surface area contributed by atoms with E-state index >= 15 is 0 Å². The number of hydrazine groups is 1. The van der Waals surface area contributed by atoms with Crippen LogP contribution in [0.4, 0.5) is 0 Å². The average molecular weight is 201 g/mol. The molecule has 1 aliphatic rings. The van der Waals surface area contributed by atoms with Crippen LogP contribution in [-0.2, 0) is 0 Å². The molecule has 4 heteroatoms. The van der Waals surface area contributed by atoms with Crippen LogP contribution >= 0.6 is 12.2 Å². The van der Waals surface area contributed by atoms with E-state index in [1.807, 2.05) is 0 Å². The van der Waals surface area contributed by atoms with Gasteiger partial charge < -0.3 is 10.7 Å². The van der Waals surface area contributed by atoms with E-state index in [1.165, 1.54) is 25.7 Å². The minimum atomic E-state index is 0.554. The summed E-state index contributed by atoms with van der Waals surface area (Å²) in [6, 6.07) is 0. The molecule has 0 saturated heterocycles. The maximum absolute atomic E-state index is 5.16. The maximum atomic E-state index is 5.16. The van der Waals surface area contributed by atoms with Gasteiger partial charge in [0.2, 0.25) is 0 Å². The molecule has 2 unspecified atom stereocenters. The molecule has 2 atom stereocenters. The molecule has 0 amide bonds. The first-order valence-corrected chi connectivity index (χ1v) is 5.37. The van der Waals surface area contributed by atoms with Crippen molar-refractivity contribution in [2.24, 2.45) is 17.7 Å². The number of nitrogens with two attached hydrogens (primary N) is 1. The van der Waals surface area contributed by atoms with Gasteiger partial charge in [0.15, 0.2) is 5.11 Å². The topological polar surface area (TPSA) is 50.1 Å². The van der Waals surface area contributed by atoms with Gasteiger partial charge in [-0.2, -0.15) is 0 Å². The van der Waals surface area contributed by atoms with Gasteiger partial charge in [0, 0.05) is 6.54 Å². The summed E-state index contributed by atoms with van der Waals surface area (Å²) >= 11 is 4.91. The van der Waals surface area contributed by atoms with Crippen LogP contribution in [0, 0.1) is 11.8 Å². The zero-order chi connectivity index (χ0) is 9.68. The molecule has 1 aliphatic carbocycles. The zero-order valence-electron chi connectivity index (χ0n) is 8.18. The largest absolute Gasteiger partial charge is 0.361 e. The standard InChI is InChI=1S/C9H19N3S/c1-7-3-2-4-8(5-7)6-11-9(13)12-10/h7-8H,2-6,10H2,1H3,(H2,11,12,13). The smallest absolute Gasteiger partial charge is 0.180 e. The minimum Gasteiger partial charge on any atom is -0.361 e. The van der Waals surface area contributed by atoms with Crippen molar-refractivity contribution in [3.63, 3.8) is 0 Å². The van der Waals surface area contributed by atoms with Gasteiger partial charge in [-0.25, -0.2) is 5.84 Å². The summed E-state index contributed by atoms with van der Waals surface area (Å²) in [6.45, 7) is 3.29. The molecular weight excluding hydrogens is 182 g/mol. The number of nitrogens with one attached hydrogen (secondary N) is 2. The molecule has 0 aromatic carbocycles. The Hall–Kier alpha value is -0.350. The summed E-state index contributed by atoms with van der Waals surface area (Å²) in [4.78, 5) is 0. The first-order chi connectivity index (χ1) is 6.22. The molecule has 13 heavy (non-hydrogen) atoms. The van der Waals surface area contributed by atoms with Gasteiger partial charge in [-0.15, -0.1) is 0 Å². The molecule has 0 aliphatic heterocycles. The van der Waals surface area contributed by atoms with Crippen molar-refractivity contribution in [3.05, 3.63) is 0 Å². The van der Waals surface area contributed by atoms with E-state index in [9.17, 15) is 0 Å². The Morgan fingerprint density at radius 3 is 2.92 bits per heavy atom. The summed E-state index contributed by atoms with van der Waals surface area (Å²) in [5, 5.41) is 3.67. The van der Waals surface area contributed by atoms with Crippen molar-refractivity contribution in [3.8, 4) is 0 Å². The lowest BCUT2D eigenvalue weighted by molar-refractivity contribution is 0.282. The van der Waals surface area contributed by atoms with Crippen LogP contribution in [0.5, 0.6) is 0 Å². The molecule has 0 bridgehead atoms. The van der Waals surface area contributed by atoms with Crippen molar-refractivity contribution in [2.75, 3.05) is 6.54 Å². The Labute approximate surface area is 85.4 Å². The van der Waals surface area contributed by atoms with Crippen LogP contribution in [0.25, 0.3) is 0 Å². The van der Waals surface area contributed by atoms with E-state index in [0.29, 0.717) is 5.11 Å². The summed E-state index contributed by atoms with van der Waals surface area (Å²) in [5.41, 5.74) is 2.44. The molecule has 1 saturated carbocycles. The predicted molar refractivity (Wildman–Crippen MR) is 59.0 cm³/mol. The Bertz CT molecular complexity index is 172. The fourth-order valence-corrected chi connectivity index (χ4v) is 2.12. The predicted octanol–water partition coefficient (Wildman–Crippen LogP) is 1.15. The normalized spacial score (nSPS) is 28.2. The van der Waals surface area contributed by atoms with Gasteiger partial charge in [-0.05, 0) is 36.9 Å². The maximum Gasteiger partial charge on any atom is 0.180 e. The zero-order valence-corrected chi connectivity index (χ0v) is 8.99. The Morgan fingerprint density at radius 2 is 2.31 bits per heavy atom. The van der Waals surface area contributed by atoms with E-state index in [0.717, 1.165) is 18.4 Å². The lowest BCUT2D eigenvalue weighted by Gasteiger charge is -2.27. The lowest BCUT2D eigenvalue weighted by atomic mass is 9.82. The van der Waals surface area contributed by atoms with Crippen LogP contribution in [-0.4, -0.2) is 11.7 Å². The van der Waals surface area contributed by atoms with E-state index in [1.54, 1.807) is 0 Å². The highest BCUT2D eigenvalue weighted by molar-refractivity contribution is 7.80. The highest BCUT2D eigenvalue weighted by Crippen LogP contribution is 2.27. The third kappa shape index (κ3) is 3.91. The fraction of sp³-hybridized carbons (Fsp3) is 0.889. The van der Waals surface area contributed by atoms with Crippen molar-refractivity contribution in [2.45, 2.75) is 32.6 Å². The van der Waals surface area contributed by atoms with Crippen LogP contribution in [0.2, 0.25) is 0 Å². The molecular formula is C9H19N3S. The van der Waals surface area contributed by atoms with Gasteiger partial charge >= 0.3 is 0 Å². The van der Waals surface area contributed by atoms with Crippen molar-refractivity contribution in [1.29, 1.82) is 0 Å². The van der Waals surface area contributed by atoms with Gasteiger partial charge in [0.1, 0.15) is 0 Å². The molecule has 1 fully saturated rings. The second kappa shape index (κ2) is 5.40. The van der Waals surface area contributed by atoms with Crippen LogP contribution in [0.1, 0.15) is 32.6 Å². The third-order valence-electron chi connectivity index (χ3n) is 2.73. The molecule has 0 radical (unpaired) electrons. The lowest BCUT2D eigenvalue weighted by Crippen LogP contribution is -2.42. The molecule has 76 valence electrons. The van der Waals surface area contributed by atoms with Gasteiger partial charge in [0.05, 0.1) is 0 Å². The second-order valence-electron chi connectivity index (χ2n) is 3.99. The molecule has 1 rings (SSSR count). The highest BCUT2D eigenvalue weighted by atomic mass is 32.1. The Morgan fingerprint density at radius 1 is 1.54 bits per heavy atom.